The highest BCUT2D eigenvalue weighted by molar-refractivity contribution is 9.11. The molecule has 0 bridgehead atoms. The highest BCUT2D eigenvalue weighted by atomic mass is 79.9. The van der Waals surface area contributed by atoms with Crippen LogP contribution in [0.1, 0.15) is 20.8 Å². The van der Waals surface area contributed by atoms with Crippen molar-refractivity contribution in [2.75, 3.05) is 7.11 Å². The Labute approximate surface area is 132 Å². The molecule has 0 aliphatic carbocycles. The van der Waals surface area contributed by atoms with Gasteiger partial charge in [-0.3, -0.25) is 0 Å². The summed E-state index contributed by atoms with van der Waals surface area (Å²) in [6, 6.07) is 8.02. The van der Waals surface area contributed by atoms with Crippen LogP contribution in [0, 0.1) is 6.92 Å². The van der Waals surface area contributed by atoms with Crippen LogP contribution in [0.4, 0.5) is 0 Å². The molecule has 1 aromatic carbocycles. The van der Waals surface area contributed by atoms with Crippen LogP contribution in [0.5, 0.6) is 5.75 Å². The Kier molecular flexibility index (Phi) is 4.75. The van der Waals surface area contributed by atoms with E-state index in [2.05, 4.69) is 44.8 Å². The zero-order valence-electron chi connectivity index (χ0n) is 9.84. The molecule has 1 atom stereocenters. The molecule has 0 aliphatic heterocycles. The van der Waals surface area contributed by atoms with E-state index in [-0.39, 0.29) is 4.83 Å². The summed E-state index contributed by atoms with van der Waals surface area (Å²) < 4.78 is 6.32. The first-order valence-corrected chi connectivity index (χ1v) is 8.16. The van der Waals surface area contributed by atoms with Crippen molar-refractivity contribution >= 4 is 54.8 Å². The number of hydrogen-bond acceptors (Lipinski definition) is 2. The Hall–Kier alpha value is -0.0300. The minimum atomic E-state index is 0.149. The number of halogens is 3. The molecule has 0 radical (unpaired) electrons. The molecule has 1 nitrogen and oxygen atoms in total. The highest BCUT2D eigenvalue weighted by Crippen LogP contribution is 2.40. The van der Waals surface area contributed by atoms with Gasteiger partial charge in [-0.25, -0.2) is 0 Å². The average molecular weight is 411 g/mol. The summed E-state index contributed by atoms with van der Waals surface area (Å²) in [4.78, 5) is 1.40. The van der Waals surface area contributed by atoms with E-state index in [1.807, 2.05) is 18.2 Å². The first kappa shape index (κ1) is 14.4. The molecule has 5 heteroatoms. The topological polar surface area (TPSA) is 9.23 Å². The number of methoxy groups -OCH3 is 1. The molecular formula is C13H11Br2ClOS. The molecule has 0 N–H and O–H groups in total. The number of hydrogen-bond donors (Lipinski definition) is 0. The van der Waals surface area contributed by atoms with Crippen LogP contribution in [0.3, 0.4) is 0 Å². The van der Waals surface area contributed by atoms with Gasteiger partial charge in [0.25, 0.3) is 0 Å². The van der Waals surface area contributed by atoms with E-state index >= 15 is 0 Å². The first-order chi connectivity index (χ1) is 8.52. The van der Waals surface area contributed by atoms with Crippen molar-refractivity contribution in [3.63, 3.8) is 0 Å². The van der Waals surface area contributed by atoms with Crippen molar-refractivity contribution < 1.29 is 4.74 Å². The Morgan fingerprint density at radius 1 is 1.33 bits per heavy atom. The molecule has 1 aromatic heterocycles. The minimum Gasteiger partial charge on any atom is -0.495 e. The number of benzene rings is 1. The molecule has 0 amide bonds. The van der Waals surface area contributed by atoms with E-state index in [9.17, 15) is 0 Å². The van der Waals surface area contributed by atoms with Crippen molar-refractivity contribution in [3.8, 4) is 5.75 Å². The maximum atomic E-state index is 6.15. The summed E-state index contributed by atoms with van der Waals surface area (Å²) in [6.45, 7) is 2.09. The number of aryl methyl sites for hydroxylation is 1. The van der Waals surface area contributed by atoms with Gasteiger partial charge < -0.3 is 4.74 Å². The van der Waals surface area contributed by atoms with Gasteiger partial charge in [0.1, 0.15) is 5.75 Å². The standard InChI is InChI=1S/C13H11Br2ClOS/c1-7-5-11(18-13(7)15)12(14)8-3-4-10(17-2)9(16)6-8/h3-6,12H,1-2H3. The lowest BCUT2D eigenvalue weighted by atomic mass is 10.1. The number of thiophene rings is 1. The van der Waals surface area contributed by atoms with Gasteiger partial charge in [-0.2, -0.15) is 0 Å². The molecule has 0 spiro atoms. The second-order valence-corrected chi connectivity index (χ2v) is 7.59. The van der Waals surface area contributed by atoms with E-state index < -0.39 is 0 Å². The van der Waals surface area contributed by atoms with Crippen molar-refractivity contribution in [3.05, 3.63) is 49.1 Å². The fourth-order valence-electron chi connectivity index (χ4n) is 1.61. The molecule has 0 fully saturated rings. The summed E-state index contributed by atoms with van der Waals surface area (Å²) in [5.74, 6) is 0.698. The lowest BCUT2D eigenvalue weighted by Gasteiger charge is -2.10. The smallest absolute Gasteiger partial charge is 0.137 e. The number of alkyl halides is 1. The predicted octanol–water partition coefficient (Wildman–Crippen LogP) is 5.97. The third kappa shape index (κ3) is 2.93. The van der Waals surface area contributed by atoms with Crippen molar-refractivity contribution in [2.45, 2.75) is 11.8 Å². The normalized spacial score (nSPS) is 12.5. The predicted molar refractivity (Wildman–Crippen MR) is 85.5 cm³/mol. The van der Waals surface area contributed by atoms with Crippen LogP contribution in [-0.2, 0) is 0 Å². The molecule has 2 rings (SSSR count). The Bertz CT molecular complexity index is 549. The van der Waals surface area contributed by atoms with E-state index in [1.165, 1.54) is 14.2 Å². The molecule has 1 unspecified atom stereocenters. The third-order valence-electron chi connectivity index (χ3n) is 2.59. The lowest BCUT2D eigenvalue weighted by Crippen LogP contribution is -1.91. The first-order valence-electron chi connectivity index (χ1n) is 5.26. The van der Waals surface area contributed by atoms with Crippen LogP contribution >= 0.6 is 54.8 Å². The lowest BCUT2D eigenvalue weighted by molar-refractivity contribution is 0.415. The molecule has 18 heavy (non-hydrogen) atoms. The van der Waals surface area contributed by atoms with Gasteiger partial charge in [0.2, 0.25) is 0 Å². The summed E-state index contributed by atoms with van der Waals surface area (Å²) in [7, 11) is 1.62. The second kappa shape index (κ2) is 5.95. The molecular weight excluding hydrogens is 399 g/mol. The van der Waals surface area contributed by atoms with Gasteiger partial charge in [-0.1, -0.05) is 33.6 Å². The van der Waals surface area contributed by atoms with E-state index in [0.29, 0.717) is 10.8 Å². The van der Waals surface area contributed by atoms with Gasteiger partial charge in [0, 0.05) is 4.88 Å². The van der Waals surface area contributed by atoms with E-state index in [0.717, 1.165) is 5.56 Å². The minimum absolute atomic E-state index is 0.149. The zero-order valence-corrected chi connectivity index (χ0v) is 14.6. The molecule has 1 heterocycles. The van der Waals surface area contributed by atoms with E-state index in [4.69, 9.17) is 16.3 Å². The molecule has 2 aromatic rings. The van der Waals surface area contributed by atoms with Gasteiger partial charge in [-0.15, -0.1) is 11.3 Å². The van der Waals surface area contributed by atoms with Crippen molar-refractivity contribution in [2.24, 2.45) is 0 Å². The maximum Gasteiger partial charge on any atom is 0.137 e. The molecule has 0 saturated carbocycles. The van der Waals surface area contributed by atoms with E-state index in [1.54, 1.807) is 18.4 Å². The number of ether oxygens (including phenoxy) is 1. The quantitative estimate of drug-likeness (QED) is 0.567. The zero-order chi connectivity index (χ0) is 13.3. The molecule has 0 aliphatic rings. The van der Waals surface area contributed by atoms with Crippen LogP contribution < -0.4 is 4.74 Å². The summed E-state index contributed by atoms with van der Waals surface area (Å²) in [5.41, 5.74) is 2.37. The maximum absolute atomic E-state index is 6.15. The van der Waals surface area contributed by atoms with Crippen molar-refractivity contribution in [1.82, 2.24) is 0 Å². The summed E-state index contributed by atoms with van der Waals surface area (Å²) in [6.07, 6.45) is 0. The van der Waals surface area contributed by atoms with Crippen LogP contribution in [0.15, 0.2) is 28.1 Å². The second-order valence-electron chi connectivity index (χ2n) is 3.86. The van der Waals surface area contributed by atoms with Crippen molar-refractivity contribution in [1.29, 1.82) is 0 Å². The Morgan fingerprint density at radius 3 is 2.56 bits per heavy atom. The summed E-state index contributed by atoms with van der Waals surface area (Å²) in [5, 5.41) is 0.631. The molecule has 96 valence electrons. The van der Waals surface area contributed by atoms with Gasteiger partial charge >= 0.3 is 0 Å². The average Bonchev–Trinajstić information content (AvgIpc) is 2.68. The Balaban J connectivity index is 2.33. The monoisotopic (exact) mass is 408 g/mol. The van der Waals surface area contributed by atoms with Gasteiger partial charge in [0.05, 0.1) is 20.7 Å². The fourth-order valence-corrected chi connectivity index (χ4v) is 4.15. The largest absolute Gasteiger partial charge is 0.495 e. The van der Waals surface area contributed by atoms with Gasteiger partial charge in [-0.05, 0) is 52.2 Å². The van der Waals surface area contributed by atoms with Crippen LogP contribution in [0.25, 0.3) is 0 Å². The third-order valence-corrected chi connectivity index (χ3v) is 6.42. The Morgan fingerprint density at radius 2 is 2.06 bits per heavy atom. The number of rotatable bonds is 3. The van der Waals surface area contributed by atoms with Gasteiger partial charge in [0.15, 0.2) is 0 Å². The molecule has 0 saturated heterocycles. The van der Waals surface area contributed by atoms with Crippen LogP contribution in [-0.4, -0.2) is 7.11 Å². The fraction of sp³-hybridized carbons (Fsp3) is 0.231. The summed E-state index contributed by atoms with van der Waals surface area (Å²) >= 11 is 15.1. The SMILES string of the molecule is COc1ccc(C(Br)c2cc(C)c(Br)s2)cc1Cl. The highest BCUT2D eigenvalue weighted by Gasteiger charge is 2.15. The van der Waals surface area contributed by atoms with Crippen LogP contribution in [0.2, 0.25) is 5.02 Å².